The Balaban J connectivity index is 2.43. The first-order chi connectivity index (χ1) is 6.91. The van der Waals surface area contributed by atoms with Crippen molar-refractivity contribution < 1.29 is 0 Å². The molecule has 0 saturated carbocycles. The quantitative estimate of drug-likeness (QED) is 0.598. The van der Waals surface area contributed by atoms with E-state index in [-0.39, 0.29) is 0 Å². The molecule has 2 aliphatic carbocycles. The van der Waals surface area contributed by atoms with Crippen LogP contribution in [0.2, 0.25) is 23.2 Å². The molecule has 80 valence electrons. The van der Waals surface area contributed by atoms with E-state index in [1.807, 2.05) is 0 Å². The highest BCUT2D eigenvalue weighted by atomic mass is 28.3. The van der Waals surface area contributed by atoms with Gasteiger partial charge in [-0.3, -0.25) is 0 Å². The summed E-state index contributed by atoms with van der Waals surface area (Å²) in [5.74, 6) is 0. The third-order valence-electron chi connectivity index (χ3n) is 4.69. The van der Waals surface area contributed by atoms with Crippen LogP contribution in [0.5, 0.6) is 0 Å². The molecule has 1 heteroatoms. The van der Waals surface area contributed by atoms with E-state index in [2.05, 4.69) is 75.5 Å². The molecule has 0 radical (unpaired) electrons. The molecule has 0 nitrogen and oxygen atoms in total. The molecule has 0 N–H and O–H groups in total. The highest BCUT2D eigenvalue weighted by molar-refractivity contribution is 6.85. The maximum atomic E-state index is 2.49. The number of hydrogen-bond acceptors (Lipinski definition) is 0. The number of allylic oxidation sites excluding steroid dienone is 8. The zero-order valence-electron chi connectivity index (χ0n) is 10.1. The molecule has 0 spiro atoms. The number of hydrogen-bond donors (Lipinski definition) is 0. The minimum Gasteiger partial charge on any atom is -0.0775 e. The SMILES string of the molecule is CC1([Si](C)(C)C2(C)C=CC=C2)C=CC=C1. The summed E-state index contributed by atoms with van der Waals surface area (Å²) < 4.78 is 0. The Morgan fingerprint density at radius 2 is 0.933 bits per heavy atom. The van der Waals surface area contributed by atoms with Crippen LogP contribution in [0.15, 0.2) is 48.6 Å². The molecule has 0 amide bonds. The van der Waals surface area contributed by atoms with E-state index in [9.17, 15) is 0 Å². The lowest BCUT2D eigenvalue weighted by atomic mass is 10.2. The van der Waals surface area contributed by atoms with Gasteiger partial charge in [0.05, 0.1) is 8.07 Å². The van der Waals surface area contributed by atoms with Crippen LogP contribution in [-0.4, -0.2) is 8.07 Å². The summed E-state index contributed by atoms with van der Waals surface area (Å²) in [5, 5.41) is 0.585. The van der Waals surface area contributed by atoms with Gasteiger partial charge in [0.1, 0.15) is 0 Å². The normalized spacial score (nSPS) is 25.3. The van der Waals surface area contributed by atoms with E-state index in [1.165, 1.54) is 0 Å². The van der Waals surface area contributed by atoms with E-state index in [4.69, 9.17) is 0 Å². The Labute approximate surface area is 94.1 Å². The van der Waals surface area contributed by atoms with E-state index in [1.54, 1.807) is 0 Å². The Morgan fingerprint density at radius 3 is 1.20 bits per heavy atom. The molecule has 2 rings (SSSR count). The van der Waals surface area contributed by atoms with Crippen molar-refractivity contribution in [2.24, 2.45) is 0 Å². The Morgan fingerprint density at radius 1 is 0.667 bits per heavy atom. The summed E-state index contributed by atoms with van der Waals surface area (Å²) in [4.78, 5) is 0. The summed E-state index contributed by atoms with van der Waals surface area (Å²) in [6.45, 7) is 9.74. The van der Waals surface area contributed by atoms with Gasteiger partial charge in [-0.25, -0.2) is 0 Å². The molecule has 15 heavy (non-hydrogen) atoms. The average Bonchev–Trinajstić information content (AvgIpc) is 2.76. The fourth-order valence-corrected chi connectivity index (χ4v) is 5.76. The Hall–Kier alpha value is -0.823. The maximum Gasteiger partial charge on any atom is 0.0768 e. The zero-order valence-corrected chi connectivity index (χ0v) is 11.1. The summed E-state index contributed by atoms with van der Waals surface area (Å²) in [6, 6.07) is 0. The van der Waals surface area contributed by atoms with Gasteiger partial charge < -0.3 is 0 Å². The van der Waals surface area contributed by atoms with Crippen LogP contribution < -0.4 is 0 Å². The van der Waals surface area contributed by atoms with Crippen LogP contribution in [-0.2, 0) is 0 Å². The van der Waals surface area contributed by atoms with Gasteiger partial charge in [-0.1, -0.05) is 75.5 Å². The van der Waals surface area contributed by atoms with Crippen molar-refractivity contribution in [1.29, 1.82) is 0 Å². The predicted octanol–water partition coefficient (Wildman–Crippen LogP) is 4.47. The van der Waals surface area contributed by atoms with Crippen LogP contribution in [0.25, 0.3) is 0 Å². The van der Waals surface area contributed by atoms with Gasteiger partial charge in [0.15, 0.2) is 0 Å². The van der Waals surface area contributed by atoms with Crippen molar-refractivity contribution in [3.63, 3.8) is 0 Å². The van der Waals surface area contributed by atoms with Crippen LogP contribution in [0.3, 0.4) is 0 Å². The minimum absolute atomic E-state index is 0.292. The van der Waals surface area contributed by atoms with Gasteiger partial charge in [0, 0.05) is 0 Å². The molecule has 2 aliphatic rings. The molecular weight excluding hydrogens is 196 g/mol. The second kappa shape index (κ2) is 3.08. The summed E-state index contributed by atoms with van der Waals surface area (Å²) in [7, 11) is -1.43. The molecule has 0 heterocycles. The van der Waals surface area contributed by atoms with E-state index in [0.717, 1.165) is 0 Å². The third-order valence-corrected chi connectivity index (χ3v) is 10.7. The third kappa shape index (κ3) is 1.33. The second-order valence-corrected chi connectivity index (χ2v) is 11.0. The molecule has 0 unspecified atom stereocenters. The molecule has 0 aromatic rings. The van der Waals surface area contributed by atoms with Gasteiger partial charge in [0.25, 0.3) is 0 Å². The fourth-order valence-electron chi connectivity index (χ4n) is 2.55. The second-order valence-electron chi connectivity index (χ2n) is 5.63. The maximum absolute atomic E-state index is 2.49. The van der Waals surface area contributed by atoms with E-state index in [0.29, 0.717) is 10.1 Å². The topological polar surface area (TPSA) is 0 Å². The molecule has 0 bridgehead atoms. The van der Waals surface area contributed by atoms with Crippen molar-refractivity contribution in [2.45, 2.75) is 37.0 Å². The first-order valence-corrected chi connectivity index (χ1v) is 8.65. The lowest BCUT2D eigenvalue weighted by molar-refractivity contribution is 0.810. The molecular formula is C14H20Si. The first kappa shape index (κ1) is 10.7. The van der Waals surface area contributed by atoms with Gasteiger partial charge in [-0.05, 0) is 10.1 Å². The number of rotatable bonds is 2. The zero-order chi connectivity index (χ0) is 11.2. The van der Waals surface area contributed by atoms with Crippen molar-refractivity contribution in [1.82, 2.24) is 0 Å². The van der Waals surface area contributed by atoms with Crippen molar-refractivity contribution in [3.05, 3.63) is 48.6 Å². The molecule has 0 atom stereocenters. The van der Waals surface area contributed by atoms with Crippen LogP contribution >= 0.6 is 0 Å². The minimum atomic E-state index is -1.43. The molecule has 0 fully saturated rings. The van der Waals surface area contributed by atoms with Crippen LogP contribution in [0.1, 0.15) is 13.8 Å². The Bertz CT molecular complexity index is 320. The van der Waals surface area contributed by atoms with Crippen molar-refractivity contribution >= 4 is 8.07 Å². The van der Waals surface area contributed by atoms with E-state index >= 15 is 0 Å². The summed E-state index contributed by atoms with van der Waals surface area (Å²) in [6.07, 6.45) is 18.3. The largest absolute Gasteiger partial charge is 0.0775 e. The van der Waals surface area contributed by atoms with Gasteiger partial charge >= 0.3 is 0 Å². The van der Waals surface area contributed by atoms with Crippen LogP contribution in [0, 0.1) is 0 Å². The average molecular weight is 216 g/mol. The highest BCUT2D eigenvalue weighted by Crippen LogP contribution is 2.57. The Kier molecular flexibility index (Phi) is 2.20. The lowest BCUT2D eigenvalue weighted by Gasteiger charge is -2.47. The highest BCUT2D eigenvalue weighted by Gasteiger charge is 2.50. The van der Waals surface area contributed by atoms with Crippen LogP contribution in [0.4, 0.5) is 0 Å². The lowest BCUT2D eigenvalue weighted by Crippen LogP contribution is -2.46. The molecule has 0 saturated heterocycles. The molecule has 0 aromatic heterocycles. The molecule has 0 aromatic carbocycles. The molecule has 0 aliphatic heterocycles. The van der Waals surface area contributed by atoms with E-state index < -0.39 is 8.07 Å². The van der Waals surface area contributed by atoms with Gasteiger partial charge in [0.2, 0.25) is 0 Å². The summed E-state index contributed by atoms with van der Waals surface area (Å²) in [5.41, 5.74) is 0. The monoisotopic (exact) mass is 216 g/mol. The van der Waals surface area contributed by atoms with Crippen molar-refractivity contribution in [3.8, 4) is 0 Å². The first-order valence-electron chi connectivity index (χ1n) is 5.65. The van der Waals surface area contributed by atoms with Gasteiger partial charge in [-0.2, -0.15) is 0 Å². The van der Waals surface area contributed by atoms with Crippen molar-refractivity contribution in [2.75, 3.05) is 0 Å². The predicted molar refractivity (Wildman–Crippen MR) is 70.8 cm³/mol. The standard InChI is InChI=1S/C14H20Si/c1-13(9-5-6-10-13)15(3,4)14(2)11-7-8-12-14/h5-12H,1-4H3. The smallest absolute Gasteiger partial charge is 0.0768 e. The summed E-state index contributed by atoms with van der Waals surface area (Å²) >= 11 is 0. The van der Waals surface area contributed by atoms with Gasteiger partial charge in [-0.15, -0.1) is 0 Å². The fraction of sp³-hybridized carbons (Fsp3) is 0.429.